The second kappa shape index (κ2) is 7.60. The highest BCUT2D eigenvalue weighted by Crippen LogP contribution is 2.28. The molecule has 0 radical (unpaired) electrons. The fraction of sp³-hybridized carbons (Fsp3) is 0.227. The van der Waals surface area contributed by atoms with E-state index in [-0.39, 0.29) is 0 Å². The van der Waals surface area contributed by atoms with Crippen molar-refractivity contribution in [3.05, 3.63) is 77.4 Å². The third-order valence-electron chi connectivity index (χ3n) is 4.93. The largest absolute Gasteiger partial charge is 0.265 e. The van der Waals surface area contributed by atoms with Gasteiger partial charge in [0.15, 0.2) is 5.17 Å². The Bertz CT molecular complexity index is 1170. The van der Waals surface area contributed by atoms with Crippen molar-refractivity contribution in [2.75, 3.05) is 13.1 Å². The van der Waals surface area contributed by atoms with Crippen LogP contribution >= 0.6 is 11.8 Å². The number of thioether (sulfide) groups is 1. The van der Waals surface area contributed by atoms with Gasteiger partial charge in [-0.25, -0.2) is 12.7 Å². The second-order valence-electron chi connectivity index (χ2n) is 6.97. The van der Waals surface area contributed by atoms with E-state index in [9.17, 15) is 8.42 Å². The highest BCUT2D eigenvalue weighted by atomic mass is 32.2. The van der Waals surface area contributed by atoms with Crippen LogP contribution < -0.4 is 0 Å². The molecule has 0 atom stereocenters. The van der Waals surface area contributed by atoms with Crippen molar-refractivity contribution in [2.24, 2.45) is 4.99 Å². The molecule has 0 aliphatic carbocycles. The van der Waals surface area contributed by atoms with E-state index in [4.69, 9.17) is 0 Å². The molecule has 3 aromatic rings. The van der Waals surface area contributed by atoms with Crippen LogP contribution in [0.2, 0.25) is 0 Å². The molecule has 1 heterocycles. The first kappa shape index (κ1) is 19.0. The molecule has 28 heavy (non-hydrogen) atoms. The molecule has 3 aromatic carbocycles. The van der Waals surface area contributed by atoms with Gasteiger partial charge in [-0.15, -0.1) is 0 Å². The number of aryl methyl sites for hydroxylation is 2. The van der Waals surface area contributed by atoms with E-state index in [0.717, 1.165) is 10.8 Å². The molecule has 4 rings (SSSR count). The molecule has 0 saturated carbocycles. The molecule has 0 spiro atoms. The zero-order valence-electron chi connectivity index (χ0n) is 15.9. The van der Waals surface area contributed by atoms with E-state index in [2.05, 4.69) is 37.0 Å². The van der Waals surface area contributed by atoms with Crippen molar-refractivity contribution in [2.45, 2.75) is 24.5 Å². The third-order valence-corrected chi connectivity index (χ3v) is 7.90. The first-order valence-corrected chi connectivity index (χ1v) is 11.6. The van der Waals surface area contributed by atoms with Crippen molar-refractivity contribution in [1.29, 1.82) is 0 Å². The molecular weight excluding hydrogens is 388 g/mol. The van der Waals surface area contributed by atoms with Crippen LogP contribution in [0, 0.1) is 13.8 Å². The second-order valence-corrected chi connectivity index (χ2v) is 9.77. The van der Waals surface area contributed by atoms with Crippen LogP contribution in [0.5, 0.6) is 0 Å². The van der Waals surface area contributed by atoms with Gasteiger partial charge < -0.3 is 0 Å². The summed E-state index contributed by atoms with van der Waals surface area (Å²) in [6.07, 6.45) is 0. The Hall–Kier alpha value is -2.31. The van der Waals surface area contributed by atoms with E-state index in [0.29, 0.717) is 28.9 Å². The Morgan fingerprint density at radius 3 is 2.61 bits per heavy atom. The molecule has 0 unspecified atom stereocenters. The number of nitrogens with zero attached hydrogens (tertiary/aromatic N) is 2. The number of hydrogen-bond donors (Lipinski definition) is 0. The lowest BCUT2D eigenvalue weighted by molar-refractivity contribution is 0.540. The predicted octanol–water partition coefficient (Wildman–Crippen LogP) is 4.75. The number of benzene rings is 3. The van der Waals surface area contributed by atoms with Crippen molar-refractivity contribution >= 4 is 37.7 Å². The number of rotatable bonds is 4. The molecule has 6 heteroatoms. The zero-order chi connectivity index (χ0) is 19.7. The topological polar surface area (TPSA) is 49.7 Å². The summed E-state index contributed by atoms with van der Waals surface area (Å²) in [5, 5.41) is 2.53. The van der Waals surface area contributed by atoms with Gasteiger partial charge in [-0.1, -0.05) is 65.9 Å². The van der Waals surface area contributed by atoms with Gasteiger partial charge >= 0.3 is 0 Å². The molecule has 144 valence electrons. The SMILES string of the molecule is Cc1ccc(C)c(CSC2=NCCN2S(=O)(=O)c2ccc3ccccc3c2)c1. The molecule has 0 bridgehead atoms. The first-order chi connectivity index (χ1) is 13.4. The van der Waals surface area contributed by atoms with E-state index in [1.54, 1.807) is 12.1 Å². The summed E-state index contributed by atoms with van der Waals surface area (Å²) < 4.78 is 28.0. The molecule has 1 aliphatic rings. The zero-order valence-corrected chi connectivity index (χ0v) is 17.6. The Labute approximate surface area is 170 Å². The van der Waals surface area contributed by atoms with Crippen molar-refractivity contribution in [1.82, 2.24) is 4.31 Å². The van der Waals surface area contributed by atoms with E-state index in [1.165, 1.54) is 32.8 Å². The van der Waals surface area contributed by atoms with Crippen molar-refractivity contribution < 1.29 is 8.42 Å². The lowest BCUT2D eigenvalue weighted by Gasteiger charge is -2.20. The average molecular weight is 411 g/mol. The van der Waals surface area contributed by atoms with Gasteiger partial charge in [0.2, 0.25) is 0 Å². The third kappa shape index (κ3) is 3.66. The fourth-order valence-electron chi connectivity index (χ4n) is 3.30. The molecule has 0 fully saturated rings. The van der Waals surface area contributed by atoms with Crippen LogP contribution in [0.1, 0.15) is 16.7 Å². The summed E-state index contributed by atoms with van der Waals surface area (Å²) in [5.41, 5.74) is 3.62. The van der Waals surface area contributed by atoms with E-state index < -0.39 is 10.0 Å². The quantitative estimate of drug-likeness (QED) is 0.624. The summed E-state index contributed by atoms with van der Waals surface area (Å²) in [6.45, 7) is 5.04. The predicted molar refractivity (Wildman–Crippen MR) is 117 cm³/mol. The number of aliphatic imine (C=N–C) groups is 1. The smallest absolute Gasteiger partial charge is 0.260 e. The van der Waals surface area contributed by atoms with Crippen LogP contribution in [-0.2, 0) is 15.8 Å². The van der Waals surface area contributed by atoms with Gasteiger partial charge in [-0.2, -0.15) is 0 Å². The minimum absolute atomic E-state index is 0.313. The van der Waals surface area contributed by atoms with Gasteiger partial charge in [0.25, 0.3) is 10.0 Å². The number of fused-ring (bicyclic) bond motifs is 1. The molecule has 0 saturated heterocycles. The Morgan fingerprint density at radius 2 is 1.79 bits per heavy atom. The van der Waals surface area contributed by atoms with Gasteiger partial charge in [-0.3, -0.25) is 4.99 Å². The Kier molecular flexibility index (Phi) is 5.17. The Morgan fingerprint density at radius 1 is 1.00 bits per heavy atom. The maximum Gasteiger partial charge on any atom is 0.265 e. The highest BCUT2D eigenvalue weighted by molar-refractivity contribution is 8.14. The van der Waals surface area contributed by atoms with Crippen molar-refractivity contribution in [3.63, 3.8) is 0 Å². The summed E-state index contributed by atoms with van der Waals surface area (Å²) in [5.74, 6) is 0.704. The molecular formula is C22H22N2O2S2. The minimum Gasteiger partial charge on any atom is -0.260 e. The highest BCUT2D eigenvalue weighted by Gasteiger charge is 2.31. The van der Waals surface area contributed by atoms with E-state index in [1.807, 2.05) is 30.3 Å². The molecule has 0 amide bonds. The number of sulfonamides is 1. The monoisotopic (exact) mass is 410 g/mol. The number of amidine groups is 1. The van der Waals surface area contributed by atoms with Crippen LogP contribution in [0.4, 0.5) is 0 Å². The molecule has 0 N–H and O–H groups in total. The Balaban J connectivity index is 1.58. The van der Waals surface area contributed by atoms with Gasteiger partial charge in [0, 0.05) is 5.75 Å². The van der Waals surface area contributed by atoms with Crippen molar-refractivity contribution in [3.8, 4) is 0 Å². The summed E-state index contributed by atoms with van der Waals surface area (Å²) >= 11 is 1.49. The van der Waals surface area contributed by atoms with E-state index >= 15 is 0 Å². The average Bonchev–Trinajstić information content (AvgIpc) is 3.18. The fourth-order valence-corrected chi connectivity index (χ4v) is 6.13. The first-order valence-electron chi connectivity index (χ1n) is 9.20. The van der Waals surface area contributed by atoms with Gasteiger partial charge in [-0.05, 0) is 47.9 Å². The van der Waals surface area contributed by atoms with Crippen LogP contribution in [0.15, 0.2) is 70.6 Å². The maximum atomic E-state index is 13.3. The molecule has 0 aromatic heterocycles. The van der Waals surface area contributed by atoms with Gasteiger partial charge in [0.05, 0.1) is 18.0 Å². The van der Waals surface area contributed by atoms with Gasteiger partial charge in [0.1, 0.15) is 0 Å². The lowest BCUT2D eigenvalue weighted by Crippen LogP contribution is -2.32. The number of hydrogen-bond acceptors (Lipinski definition) is 4. The molecule has 4 nitrogen and oxygen atoms in total. The standard InChI is InChI=1S/C22H22N2O2S2/c1-16-7-8-17(2)20(13-16)15-27-22-23-11-12-24(22)28(25,26)21-10-9-18-5-3-4-6-19(18)14-21/h3-10,13-14H,11-12,15H2,1-2H3. The molecule has 1 aliphatic heterocycles. The maximum absolute atomic E-state index is 13.3. The van der Waals surface area contributed by atoms with Crippen LogP contribution in [-0.4, -0.2) is 31.0 Å². The lowest BCUT2D eigenvalue weighted by atomic mass is 10.1. The van der Waals surface area contributed by atoms with Crippen LogP contribution in [0.25, 0.3) is 10.8 Å². The normalized spacial score (nSPS) is 14.5. The summed E-state index contributed by atoms with van der Waals surface area (Å²) in [4.78, 5) is 4.78. The van der Waals surface area contributed by atoms with Crippen LogP contribution in [0.3, 0.4) is 0 Å². The minimum atomic E-state index is -3.62. The summed E-state index contributed by atoms with van der Waals surface area (Å²) in [7, 11) is -3.62. The summed E-state index contributed by atoms with van der Waals surface area (Å²) in [6, 6.07) is 19.4.